The summed E-state index contributed by atoms with van der Waals surface area (Å²) < 4.78 is 0. The SMILES string of the molecule is CCCNC(Cc1csc(C)n1)c1cccs1. The van der Waals surface area contributed by atoms with Gasteiger partial charge in [0.15, 0.2) is 0 Å². The van der Waals surface area contributed by atoms with Crippen LogP contribution in [0.4, 0.5) is 0 Å². The Balaban J connectivity index is 2.05. The van der Waals surface area contributed by atoms with Gasteiger partial charge in [-0.25, -0.2) is 4.98 Å². The lowest BCUT2D eigenvalue weighted by Crippen LogP contribution is -2.23. The van der Waals surface area contributed by atoms with E-state index in [0.29, 0.717) is 6.04 Å². The maximum absolute atomic E-state index is 4.55. The molecule has 2 aromatic rings. The average Bonchev–Trinajstić information content (AvgIpc) is 2.95. The number of hydrogen-bond donors (Lipinski definition) is 1. The van der Waals surface area contributed by atoms with Crippen LogP contribution < -0.4 is 5.32 Å². The first kappa shape index (κ1) is 12.7. The van der Waals surface area contributed by atoms with Gasteiger partial charge in [-0.05, 0) is 31.3 Å². The predicted molar refractivity (Wildman–Crippen MR) is 75.9 cm³/mol. The molecule has 2 heterocycles. The van der Waals surface area contributed by atoms with E-state index >= 15 is 0 Å². The van der Waals surface area contributed by atoms with Crippen molar-refractivity contribution in [3.63, 3.8) is 0 Å². The van der Waals surface area contributed by atoms with Crippen molar-refractivity contribution >= 4 is 22.7 Å². The lowest BCUT2D eigenvalue weighted by Gasteiger charge is -2.15. The number of rotatable bonds is 6. The second-order valence-corrected chi connectivity index (χ2v) is 6.13. The average molecular weight is 266 g/mol. The third-order valence-corrected chi connectivity index (χ3v) is 4.42. The summed E-state index contributed by atoms with van der Waals surface area (Å²) in [5, 5.41) is 9.07. The van der Waals surface area contributed by atoms with Gasteiger partial charge in [0, 0.05) is 22.7 Å². The van der Waals surface area contributed by atoms with E-state index in [1.54, 1.807) is 11.3 Å². The van der Waals surface area contributed by atoms with Crippen molar-refractivity contribution < 1.29 is 0 Å². The quantitative estimate of drug-likeness (QED) is 0.860. The molecule has 1 atom stereocenters. The minimum Gasteiger partial charge on any atom is -0.309 e. The molecule has 0 saturated carbocycles. The van der Waals surface area contributed by atoms with E-state index in [1.807, 2.05) is 11.3 Å². The molecule has 92 valence electrons. The van der Waals surface area contributed by atoms with Gasteiger partial charge >= 0.3 is 0 Å². The number of nitrogens with zero attached hydrogens (tertiary/aromatic N) is 1. The number of nitrogens with one attached hydrogen (secondary N) is 1. The van der Waals surface area contributed by atoms with E-state index in [9.17, 15) is 0 Å². The maximum Gasteiger partial charge on any atom is 0.0897 e. The summed E-state index contributed by atoms with van der Waals surface area (Å²) >= 11 is 3.55. The van der Waals surface area contributed by atoms with E-state index < -0.39 is 0 Å². The van der Waals surface area contributed by atoms with Crippen LogP contribution in [0.3, 0.4) is 0 Å². The van der Waals surface area contributed by atoms with Gasteiger partial charge in [0.05, 0.1) is 10.7 Å². The van der Waals surface area contributed by atoms with E-state index in [4.69, 9.17) is 0 Å². The van der Waals surface area contributed by atoms with Gasteiger partial charge in [-0.2, -0.15) is 0 Å². The normalized spacial score (nSPS) is 12.8. The fourth-order valence-corrected chi connectivity index (χ4v) is 3.22. The van der Waals surface area contributed by atoms with Crippen LogP contribution in [0.1, 0.15) is 35.0 Å². The van der Waals surface area contributed by atoms with Crippen LogP contribution in [0.15, 0.2) is 22.9 Å². The molecule has 1 unspecified atom stereocenters. The molecule has 0 radical (unpaired) electrons. The molecule has 2 aromatic heterocycles. The van der Waals surface area contributed by atoms with Crippen molar-refractivity contribution in [1.82, 2.24) is 10.3 Å². The highest BCUT2D eigenvalue weighted by molar-refractivity contribution is 7.10. The number of thiazole rings is 1. The van der Waals surface area contributed by atoms with Gasteiger partial charge in [-0.1, -0.05) is 13.0 Å². The molecule has 2 nitrogen and oxygen atoms in total. The Kier molecular flexibility index (Phi) is 4.71. The van der Waals surface area contributed by atoms with Crippen LogP contribution in [-0.2, 0) is 6.42 Å². The molecule has 2 rings (SSSR count). The zero-order valence-electron chi connectivity index (χ0n) is 10.3. The maximum atomic E-state index is 4.55. The Morgan fingerprint density at radius 2 is 2.29 bits per heavy atom. The molecule has 0 saturated heterocycles. The fourth-order valence-electron chi connectivity index (χ4n) is 1.79. The Labute approximate surface area is 111 Å². The van der Waals surface area contributed by atoms with Crippen LogP contribution in [0.25, 0.3) is 0 Å². The molecular weight excluding hydrogens is 248 g/mol. The third-order valence-electron chi connectivity index (χ3n) is 2.61. The minimum absolute atomic E-state index is 0.413. The van der Waals surface area contributed by atoms with Gasteiger partial charge in [0.2, 0.25) is 0 Å². The van der Waals surface area contributed by atoms with E-state index in [1.165, 1.54) is 10.6 Å². The van der Waals surface area contributed by atoms with Gasteiger partial charge in [0.25, 0.3) is 0 Å². The molecular formula is C13H18N2S2. The molecule has 0 aliphatic carbocycles. The van der Waals surface area contributed by atoms with Gasteiger partial charge in [0.1, 0.15) is 0 Å². The summed E-state index contributed by atoms with van der Waals surface area (Å²) in [4.78, 5) is 5.96. The van der Waals surface area contributed by atoms with Gasteiger partial charge < -0.3 is 5.32 Å². The topological polar surface area (TPSA) is 24.9 Å². The standard InChI is InChI=1S/C13H18N2S2/c1-3-6-14-12(13-5-4-7-16-13)8-11-9-17-10(2)15-11/h4-5,7,9,12,14H,3,6,8H2,1-2H3. The number of thiophene rings is 1. The summed E-state index contributed by atoms with van der Waals surface area (Å²) in [6, 6.07) is 4.74. The van der Waals surface area contributed by atoms with Crippen molar-refractivity contribution in [1.29, 1.82) is 0 Å². The summed E-state index contributed by atoms with van der Waals surface area (Å²) in [6.45, 7) is 5.32. The smallest absolute Gasteiger partial charge is 0.0897 e. The summed E-state index contributed by atoms with van der Waals surface area (Å²) in [5.74, 6) is 0. The molecule has 1 N–H and O–H groups in total. The molecule has 0 amide bonds. The predicted octanol–water partition coefficient (Wildman–Crippen LogP) is 3.80. The molecule has 0 fully saturated rings. The first-order chi connectivity index (χ1) is 8.29. The molecule has 0 aliphatic heterocycles. The fraction of sp³-hybridized carbons (Fsp3) is 0.462. The van der Waals surface area contributed by atoms with Crippen molar-refractivity contribution in [2.45, 2.75) is 32.7 Å². The molecule has 0 bridgehead atoms. The lowest BCUT2D eigenvalue weighted by molar-refractivity contribution is 0.532. The lowest BCUT2D eigenvalue weighted by atomic mass is 10.1. The first-order valence-electron chi connectivity index (χ1n) is 5.97. The Bertz CT molecular complexity index is 434. The number of aryl methyl sites for hydroxylation is 1. The second kappa shape index (κ2) is 6.28. The summed E-state index contributed by atoms with van der Waals surface area (Å²) in [7, 11) is 0. The van der Waals surface area contributed by atoms with Crippen molar-refractivity contribution in [2.75, 3.05) is 6.54 Å². The highest BCUT2D eigenvalue weighted by Gasteiger charge is 2.13. The van der Waals surface area contributed by atoms with Crippen LogP contribution >= 0.6 is 22.7 Å². The minimum atomic E-state index is 0.413. The molecule has 0 spiro atoms. The van der Waals surface area contributed by atoms with Crippen molar-refractivity contribution in [3.8, 4) is 0 Å². The highest BCUT2D eigenvalue weighted by atomic mass is 32.1. The van der Waals surface area contributed by atoms with Crippen LogP contribution in [0.2, 0.25) is 0 Å². The Hall–Kier alpha value is -0.710. The number of aromatic nitrogens is 1. The molecule has 17 heavy (non-hydrogen) atoms. The van der Waals surface area contributed by atoms with Crippen LogP contribution in [-0.4, -0.2) is 11.5 Å². The van der Waals surface area contributed by atoms with E-state index in [0.717, 1.165) is 24.4 Å². The second-order valence-electron chi connectivity index (χ2n) is 4.08. The Morgan fingerprint density at radius 3 is 2.88 bits per heavy atom. The molecule has 4 heteroatoms. The van der Waals surface area contributed by atoms with Crippen molar-refractivity contribution in [3.05, 3.63) is 38.5 Å². The summed E-state index contributed by atoms with van der Waals surface area (Å²) in [6.07, 6.45) is 2.16. The van der Waals surface area contributed by atoms with E-state index in [-0.39, 0.29) is 0 Å². The first-order valence-corrected chi connectivity index (χ1v) is 7.73. The van der Waals surface area contributed by atoms with Crippen LogP contribution in [0, 0.1) is 6.92 Å². The third kappa shape index (κ3) is 3.63. The van der Waals surface area contributed by atoms with Gasteiger partial charge in [-0.3, -0.25) is 0 Å². The highest BCUT2D eigenvalue weighted by Crippen LogP contribution is 2.23. The van der Waals surface area contributed by atoms with Crippen LogP contribution in [0.5, 0.6) is 0 Å². The molecule has 0 aromatic carbocycles. The zero-order chi connectivity index (χ0) is 12.1. The number of hydrogen-bond acceptors (Lipinski definition) is 4. The molecule has 0 aliphatic rings. The van der Waals surface area contributed by atoms with Crippen molar-refractivity contribution in [2.24, 2.45) is 0 Å². The van der Waals surface area contributed by atoms with Gasteiger partial charge in [-0.15, -0.1) is 22.7 Å². The monoisotopic (exact) mass is 266 g/mol. The zero-order valence-corrected chi connectivity index (χ0v) is 11.9. The largest absolute Gasteiger partial charge is 0.309 e. The Morgan fingerprint density at radius 1 is 1.41 bits per heavy atom. The summed E-state index contributed by atoms with van der Waals surface area (Å²) in [5.41, 5.74) is 1.20. The van der Waals surface area contributed by atoms with E-state index in [2.05, 4.69) is 47.0 Å².